The number of carbonyl (C=O) groups is 1. The first-order chi connectivity index (χ1) is 12.6. The van der Waals surface area contributed by atoms with Crippen LogP contribution >= 0.6 is 0 Å². The molecular formula is C23H22N2O. The van der Waals surface area contributed by atoms with Crippen molar-refractivity contribution >= 4 is 17.3 Å². The van der Waals surface area contributed by atoms with Crippen LogP contribution < -0.4 is 10.2 Å². The fourth-order valence-electron chi connectivity index (χ4n) is 3.40. The van der Waals surface area contributed by atoms with Crippen molar-refractivity contribution in [2.45, 2.75) is 25.9 Å². The molecule has 0 saturated carbocycles. The van der Waals surface area contributed by atoms with Crippen molar-refractivity contribution in [2.75, 3.05) is 10.2 Å². The van der Waals surface area contributed by atoms with Gasteiger partial charge >= 0.3 is 0 Å². The number of nitrogens with zero attached hydrogens (tertiary/aromatic N) is 1. The second-order valence-electron chi connectivity index (χ2n) is 6.92. The van der Waals surface area contributed by atoms with Crippen molar-refractivity contribution < 1.29 is 4.79 Å². The third-order valence-corrected chi connectivity index (χ3v) is 4.88. The van der Waals surface area contributed by atoms with Gasteiger partial charge in [0.05, 0.1) is 5.56 Å². The Balaban J connectivity index is 1.81. The Morgan fingerprint density at radius 2 is 1.50 bits per heavy atom. The monoisotopic (exact) mass is 342 g/mol. The summed E-state index contributed by atoms with van der Waals surface area (Å²) >= 11 is 0. The molecule has 1 heterocycles. The quantitative estimate of drug-likeness (QED) is 0.674. The second kappa shape index (κ2) is 6.68. The van der Waals surface area contributed by atoms with Crippen LogP contribution in [0.25, 0.3) is 0 Å². The zero-order valence-electron chi connectivity index (χ0n) is 15.0. The topological polar surface area (TPSA) is 32.3 Å². The summed E-state index contributed by atoms with van der Waals surface area (Å²) in [4.78, 5) is 15.1. The Kier molecular flexibility index (Phi) is 4.21. The van der Waals surface area contributed by atoms with E-state index in [1.807, 2.05) is 59.5 Å². The molecule has 1 unspecified atom stereocenters. The normalized spacial score (nSPS) is 16.3. The molecule has 0 radical (unpaired) electrons. The fraction of sp³-hybridized carbons (Fsp3) is 0.174. The van der Waals surface area contributed by atoms with E-state index in [0.29, 0.717) is 11.5 Å². The molecule has 1 amide bonds. The summed E-state index contributed by atoms with van der Waals surface area (Å²) in [5.74, 6) is 0.499. The average molecular weight is 342 g/mol. The molecule has 130 valence electrons. The Morgan fingerprint density at radius 1 is 0.846 bits per heavy atom. The van der Waals surface area contributed by atoms with Crippen LogP contribution in [0, 0.1) is 0 Å². The van der Waals surface area contributed by atoms with Crippen LogP contribution in [0.1, 0.15) is 47.4 Å². The van der Waals surface area contributed by atoms with Gasteiger partial charge in [-0.25, -0.2) is 0 Å². The van der Waals surface area contributed by atoms with Gasteiger partial charge in [0, 0.05) is 11.4 Å². The van der Waals surface area contributed by atoms with E-state index in [-0.39, 0.29) is 12.1 Å². The molecule has 0 saturated heterocycles. The van der Waals surface area contributed by atoms with Crippen molar-refractivity contribution in [2.24, 2.45) is 0 Å². The highest BCUT2D eigenvalue weighted by molar-refractivity contribution is 6.12. The van der Waals surface area contributed by atoms with Gasteiger partial charge in [-0.15, -0.1) is 0 Å². The molecule has 1 atom stereocenters. The van der Waals surface area contributed by atoms with Gasteiger partial charge in [0.25, 0.3) is 5.91 Å². The number of hydrogen-bond donors (Lipinski definition) is 1. The first-order valence-electron chi connectivity index (χ1n) is 8.99. The Morgan fingerprint density at radius 3 is 2.19 bits per heavy atom. The molecule has 1 aliphatic rings. The van der Waals surface area contributed by atoms with E-state index >= 15 is 0 Å². The molecule has 0 aromatic heterocycles. The van der Waals surface area contributed by atoms with Crippen molar-refractivity contribution in [1.29, 1.82) is 0 Å². The lowest BCUT2D eigenvalue weighted by atomic mass is 9.98. The minimum atomic E-state index is -0.235. The zero-order chi connectivity index (χ0) is 18.1. The van der Waals surface area contributed by atoms with Crippen LogP contribution in [0.3, 0.4) is 0 Å². The summed E-state index contributed by atoms with van der Waals surface area (Å²) in [6, 6.07) is 26.1. The first kappa shape index (κ1) is 16.4. The van der Waals surface area contributed by atoms with Crippen molar-refractivity contribution in [1.82, 2.24) is 0 Å². The van der Waals surface area contributed by atoms with E-state index in [0.717, 1.165) is 16.9 Å². The van der Waals surface area contributed by atoms with Gasteiger partial charge < -0.3 is 5.32 Å². The number of fused-ring (bicyclic) bond motifs is 1. The van der Waals surface area contributed by atoms with E-state index in [9.17, 15) is 4.79 Å². The number of hydrogen-bond acceptors (Lipinski definition) is 2. The molecule has 1 N–H and O–H groups in total. The molecule has 3 aromatic rings. The first-order valence-corrected chi connectivity index (χ1v) is 8.99. The number of rotatable bonds is 3. The minimum Gasteiger partial charge on any atom is -0.360 e. The van der Waals surface area contributed by atoms with Gasteiger partial charge in [-0.2, -0.15) is 0 Å². The molecule has 3 nitrogen and oxygen atoms in total. The predicted molar refractivity (Wildman–Crippen MR) is 107 cm³/mol. The molecule has 0 fully saturated rings. The number of nitrogens with one attached hydrogen (secondary N) is 1. The number of amides is 1. The molecule has 3 aromatic carbocycles. The molecule has 0 aliphatic carbocycles. The van der Waals surface area contributed by atoms with Crippen molar-refractivity contribution in [3.05, 3.63) is 95.6 Å². The number of benzene rings is 3. The lowest BCUT2D eigenvalue weighted by Gasteiger charge is -2.38. The summed E-state index contributed by atoms with van der Waals surface area (Å²) in [7, 11) is 0. The van der Waals surface area contributed by atoms with Gasteiger partial charge in [-0.05, 0) is 41.3 Å². The summed E-state index contributed by atoms with van der Waals surface area (Å²) < 4.78 is 0. The lowest BCUT2D eigenvalue weighted by Crippen LogP contribution is -2.43. The van der Waals surface area contributed by atoms with Crippen LogP contribution in [0.4, 0.5) is 11.4 Å². The van der Waals surface area contributed by atoms with Crippen LogP contribution in [0.2, 0.25) is 0 Å². The number of anilines is 2. The van der Waals surface area contributed by atoms with E-state index < -0.39 is 0 Å². The summed E-state index contributed by atoms with van der Waals surface area (Å²) in [6.45, 7) is 4.37. The summed E-state index contributed by atoms with van der Waals surface area (Å²) in [5.41, 5.74) is 4.83. The maximum absolute atomic E-state index is 13.3. The molecule has 3 heteroatoms. The van der Waals surface area contributed by atoms with Gasteiger partial charge in [0.1, 0.15) is 6.17 Å². The smallest absolute Gasteiger partial charge is 0.262 e. The summed E-state index contributed by atoms with van der Waals surface area (Å²) in [6.07, 6.45) is -0.235. The van der Waals surface area contributed by atoms with Gasteiger partial charge in [0.15, 0.2) is 0 Å². The Labute approximate surface area is 154 Å². The van der Waals surface area contributed by atoms with Gasteiger partial charge in [-0.1, -0.05) is 68.4 Å². The maximum atomic E-state index is 13.3. The summed E-state index contributed by atoms with van der Waals surface area (Å²) in [5, 5.41) is 3.55. The van der Waals surface area contributed by atoms with Gasteiger partial charge in [-0.3, -0.25) is 9.69 Å². The maximum Gasteiger partial charge on any atom is 0.262 e. The van der Waals surface area contributed by atoms with Crippen LogP contribution in [0.15, 0.2) is 78.9 Å². The highest BCUT2D eigenvalue weighted by Gasteiger charge is 2.33. The zero-order valence-corrected chi connectivity index (χ0v) is 15.0. The molecular weight excluding hydrogens is 320 g/mol. The lowest BCUT2D eigenvalue weighted by molar-refractivity contribution is 0.0975. The molecule has 1 aliphatic heterocycles. The molecule has 0 spiro atoms. The van der Waals surface area contributed by atoms with Crippen molar-refractivity contribution in [3.8, 4) is 0 Å². The van der Waals surface area contributed by atoms with Crippen LogP contribution in [-0.4, -0.2) is 5.91 Å². The van der Waals surface area contributed by atoms with Gasteiger partial charge in [0.2, 0.25) is 0 Å². The predicted octanol–water partition coefficient (Wildman–Crippen LogP) is 5.58. The van der Waals surface area contributed by atoms with Crippen LogP contribution in [0.5, 0.6) is 0 Å². The van der Waals surface area contributed by atoms with E-state index in [1.54, 1.807) is 0 Å². The molecule has 0 bridgehead atoms. The standard InChI is InChI=1S/C23H22N2O/c1-16(2)17-12-14-18(15-13-17)22-24-21-11-7-6-10-20(21)23(26)25(22)19-8-4-3-5-9-19/h3-16,22,24H,1-2H3. The fourth-order valence-corrected chi connectivity index (χ4v) is 3.40. The molecule has 26 heavy (non-hydrogen) atoms. The number of carbonyl (C=O) groups excluding carboxylic acids is 1. The SMILES string of the molecule is CC(C)c1ccc(C2Nc3ccccc3C(=O)N2c2ccccc2)cc1. The van der Waals surface area contributed by atoms with E-state index in [1.165, 1.54) is 5.56 Å². The highest BCUT2D eigenvalue weighted by Crippen LogP contribution is 2.36. The largest absolute Gasteiger partial charge is 0.360 e. The third-order valence-electron chi connectivity index (χ3n) is 4.88. The van der Waals surface area contributed by atoms with E-state index in [4.69, 9.17) is 0 Å². The highest BCUT2D eigenvalue weighted by atomic mass is 16.2. The Hall–Kier alpha value is -3.07. The second-order valence-corrected chi connectivity index (χ2v) is 6.92. The average Bonchev–Trinajstić information content (AvgIpc) is 2.68. The third kappa shape index (κ3) is 2.86. The van der Waals surface area contributed by atoms with E-state index in [2.05, 4.69) is 43.4 Å². The molecule has 4 rings (SSSR count). The van der Waals surface area contributed by atoms with Crippen LogP contribution in [-0.2, 0) is 0 Å². The minimum absolute atomic E-state index is 0.0171. The van der Waals surface area contributed by atoms with Crippen molar-refractivity contribution in [3.63, 3.8) is 0 Å². The Bertz CT molecular complexity index is 916. The number of para-hydroxylation sites is 2.